The molecule has 0 atom stereocenters. The van der Waals surface area contributed by atoms with Crippen LogP contribution < -0.4 is 0 Å². The third-order valence-corrected chi connectivity index (χ3v) is 5.59. The van der Waals surface area contributed by atoms with Gasteiger partial charge in [0, 0.05) is 24.3 Å². The first kappa shape index (κ1) is 20.3. The summed E-state index contributed by atoms with van der Waals surface area (Å²) in [6.45, 7) is 10.6. The van der Waals surface area contributed by atoms with Crippen molar-refractivity contribution in [2.45, 2.75) is 53.6 Å². The molecule has 0 aliphatic carbocycles. The highest BCUT2D eigenvalue weighted by molar-refractivity contribution is 5.68. The van der Waals surface area contributed by atoms with Crippen molar-refractivity contribution in [2.75, 3.05) is 7.05 Å². The average Bonchev–Trinajstić information content (AvgIpc) is 2.70. The minimum atomic E-state index is 0.906. The second-order valence-electron chi connectivity index (χ2n) is 7.70. The first-order valence-electron chi connectivity index (χ1n) is 10.3. The highest BCUT2D eigenvalue weighted by Gasteiger charge is 2.13. The molecule has 0 unspecified atom stereocenters. The van der Waals surface area contributed by atoms with Gasteiger partial charge in [0.15, 0.2) is 0 Å². The summed E-state index contributed by atoms with van der Waals surface area (Å²) in [6, 6.07) is 19.7. The Morgan fingerprint density at radius 1 is 0.714 bits per heavy atom. The predicted molar refractivity (Wildman–Crippen MR) is 120 cm³/mol. The molecule has 0 fully saturated rings. The Morgan fingerprint density at radius 3 is 1.93 bits per heavy atom. The zero-order chi connectivity index (χ0) is 20.1. The Morgan fingerprint density at radius 2 is 1.32 bits per heavy atom. The van der Waals surface area contributed by atoms with Crippen molar-refractivity contribution >= 4 is 0 Å². The predicted octanol–water partition coefficient (Wildman–Crippen LogP) is 6.12. The van der Waals surface area contributed by atoms with E-state index >= 15 is 0 Å². The number of pyridine rings is 1. The minimum Gasteiger partial charge on any atom is -0.298 e. The van der Waals surface area contributed by atoms with Gasteiger partial charge in [0.05, 0.1) is 5.69 Å². The van der Waals surface area contributed by atoms with Crippen LogP contribution in [0.3, 0.4) is 0 Å². The second kappa shape index (κ2) is 9.16. The lowest BCUT2D eigenvalue weighted by Gasteiger charge is -2.20. The molecule has 0 spiro atoms. The molecular formula is C26H32N2. The minimum absolute atomic E-state index is 0.906. The Hall–Kier alpha value is -2.45. The quantitative estimate of drug-likeness (QED) is 0.496. The largest absolute Gasteiger partial charge is 0.298 e. The molecule has 2 heteroatoms. The van der Waals surface area contributed by atoms with Crippen LogP contribution in [0, 0.1) is 13.8 Å². The number of aromatic nitrogens is 1. The number of aryl methyl sites for hydroxylation is 4. The molecule has 2 aromatic carbocycles. The summed E-state index contributed by atoms with van der Waals surface area (Å²) >= 11 is 0. The van der Waals surface area contributed by atoms with Crippen molar-refractivity contribution in [1.29, 1.82) is 0 Å². The molecular weight excluding hydrogens is 340 g/mol. The Bertz CT molecular complexity index is 921. The van der Waals surface area contributed by atoms with Crippen molar-refractivity contribution in [3.63, 3.8) is 0 Å². The molecule has 0 amide bonds. The molecule has 1 heterocycles. The van der Waals surface area contributed by atoms with Gasteiger partial charge in [0.25, 0.3) is 0 Å². The Kier molecular flexibility index (Phi) is 6.64. The van der Waals surface area contributed by atoms with E-state index in [1.54, 1.807) is 0 Å². The van der Waals surface area contributed by atoms with Crippen LogP contribution in [0.1, 0.15) is 47.4 Å². The topological polar surface area (TPSA) is 16.1 Å². The van der Waals surface area contributed by atoms with E-state index in [9.17, 15) is 0 Å². The molecule has 0 radical (unpaired) electrons. The van der Waals surface area contributed by atoms with Gasteiger partial charge in [-0.3, -0.25) is 9.88 Å². The van der Waals surface area contributed by atoms with E-state index in [0.29, 0.717) is 0 Å². The second-order valence-corrected chi connectivity index (χ2v) is 7.70. The Balaban J connectivity index is 1.83. The van der Waals surface area contributed by atoms with Crippen LogP contribution in [0.15, 0.2) is 54.6 Å². The van der Waals surface area contributed by atoms with E-state index in [1.165, 1.54) is 33.4 Å². The monoisotopic (exact) mass is 372 g/mol. The van der Waals surface area contributed by atoms with E-state index in [1.807, 2.05) is 0 Å². The van der Waals surface area contributed by atoms with E-state index in [0.717, 1.165) is 37.3 Å². The maximum Gasteiger partial charge on any atom is 0.0710 e. The standard InChI is InChI=1S/C26H32N2/c1-6-21-13-10-14-22(7-2)26(21)25-16-15-24(20(4)27-25)18-28(5)17-23-12-9-8-11-19(23)3/h8-16H,6-7,17-18H2,1-5H3. The van der Waals surface area contributed by atoms with Crippen LogP contribution in [0.2, 0.25) is 0 Å². The van der Waals surface area contributed by atoms with E-state index in [2.05, 4.69) is 94.2 Å². The number of nitrogens with zero attached hydrogens (tertiary/aromatic N) is 2. The van der Waals surface area contributed by atoms with E-state index < -0.39 is 0 Å². The molecule has 0 saturated heterocycles. The van der Waals surface area contributed by atoms with E-state index in [4.69, 9.17) is 4.98 Å². The number of rotatable bonds is 7. The van der Waals surface area contributed by atoms with Crippen LogP contribution >= 0.6 is 0 Å². The number of hydrogen-bond donors (Lipinski definition) is 0. The van der Waals surface area contributed by atoms with Crippen LogP contribution in [-0.2, 0) is 25.9 Å². The van der Waals surface area contributed by atoms with Gasteiger partial charge in [0.1, 0.15) is 0 Å². The summed E-state index contributed by atoms with van der Waals surface area (Å²) < 4.78 is 0. The number of hydrogen-bond acceptors (Lipinski definition) is 2. The zero-order valence-corrected chi connectivity index (χ0v) is 17.9. The molecule has 28 heavy (non-hydrogen) atoms. The molecule has 146 valence electrons. The summed E-state index contributed by atoms with van der Waals surface area (Å²) in [4.78, 5) is 7.38. The van der Waals surface area contributed by atoms with Crippen molar-refractivity contribution in [2.24, 2.45) is 0 Å². The van der Waals surface area contributed by atoms with Gasteiger partial charge in [0.2, 0.25) is 0 Å². The molecule has 0 bridgehead atoms. The molecule has 3 aromatic rings. The van der Waals surface area contributed by atoms with Crippen molar-refractivity contribution in [1.82, 2.24) is 9.88 Å². The third kappa shape index (κ3) is 4.51. The van der Waals surface area contributed by atoms with E-state index in [-0.39, 0.29) is 0 Å². The van der Waals surface area contributed by atoms with Crippen molar-refractivity contribution in [3.05, 3.63) is 88.1 Å². The van der Waals surface area contributed by atoms with Crippen molar-refractivity contribution < 1.29 is 0 Å². The summed E-state index contributed by atoms with van der Waals surface area (Å²) in [5, 5.41) is 0. The molecule has 3 rings (SSSR count). The Labute approximate surface area is 170 Å². The fraction of sp³-hybridized carbons (Fsp3) is 0.346. The van der Waals surface area contributed by atoms with Gasteiger partial charge in [-0.05, 0) is 67.6 Å². The molecule has 0 saturated carbocycles. The average molecular weight is 373 g/mol. The van der Waals surface area contributed by atoms with Gasteiger partial charge in [-0.25, -0.2) is 0 Å². The lowest BCUT2D eigenvalue weighted by atomic mass is 9.94. The normalized spacial score (nSPS) is 11.2. The van der Waals surface area contributed by atoms with Gasteiger partial charge in [-0.1, -0.05) is 62.4 Å². The first-order chi connectivity index (χ1) is 13.5. The summed E-state index contributed by atoms with van der Waals surface area (Å²) in [5.74, 6) is 0. The smallest absolute Gasteiger partial charge is 0.0710 e. The lowest BCUT2D eigenvalue weighted by molar-refractivity contribution is 0.317. The molecule has 0 aliphatic heterocycles. The summed E-state index contributed by atoms with van der Waals surface area (Å²) in [6.07, 6.45) is 2.07. The van der Waals surface area contributed by atoms with Crippen LogP contribution in [0.4, 0.5) is 0 Å². The maximum absolute atomic E-state index is 5.01. The summed E-state index contributed by atoms with van der Waals surface area (Å²) in [5.41, 5.74) is 10.4. The fourth-order valence-corrected chi connectivity index (χ4v) is 3.89. The van der Waals surface area contributed by atoms with Gasteiger partial charge < -0.3 is 0 Å². The van der Waals surface area contributed by atoms with Gasteiger partial charge in [-0.2, -0.15) is 0 Å². The molecule has 0 N–H and O–H groups in total. The SMILES string of the molecule is CCc1cccc(CC)c1-c1ccc(CN(C)Cc2ccccc2C)c(C)n1. The van der Waals surface area contributed by atoms with Crippen molar-refractivity contribution in [3.8, 4) is 11.3 Å². The van der Waals surface area contributed by atoms with Crippen LogP contribution in [-0.4, -0.2) is 16.9 Å². The third-order valence-electron chi connectivity index (χ3n) is 5.59. The maximum atomic E-state index is 5.01. The van der Waals surface area contributed by atoms with Gasteiger partial charge >= 0.3 is 0 Å². The fourth-order valence-electron chi connectivity index (χ4n) is 3.89. The molecule has 2 nitrogen and oxygen atoms in total. The van der Waals surface area contributed by atoms with Gasteiger partial charge in [-0.15, -0.1) is 0 Å². The highest BCUT2D eigenvalue weighted by atomic mass is 15.1. The first-order valence-corrected chi connectivity index (χ1v) is 10.3. The summed E-state index contributed by atoms with van der Waals surface area (Å²) in [7, 11) is 2.18. The number of benzene rings is 2. The molecule has 0 aliphatic rings. The highest BCUT2D eigenvalue weighted by Crippen LogP contribution is 2.28. The van der Waals surface area contributed by atoms with Crippen LogP contribution in [0.5, 0.6) is 0 Å². The zero-order valence-electron chi connectivity index (χ0n) is 17.9. The van der Waals surface area contributed by atoms with Crippen LogP contribution in [0.25, 0.3) is 11.3 Å². The lowest BCUT2D eigenvalue weighted by Crippen LogP contribution is -2.18. The molecule has 1 aromatic heterocycles.